The largest absolute Gasteiger partial charge is 0.392 e. The Labute approximate surface area is 156 Å². The zero-order valence-electron chi connectivity index (χ0n) is 14.6. The van der Waals surface area contributed by atoms with Crippen LogP contribution in [0.25, 0.3) is 0 Å². The van der Waals surface area contributed by atoms with Gasteiger partial charge in [0.1, 0.15) is 5.82 Å². The second-order valence-corrected chi connectivity index (χ2v) is 6.40. The number of anilines is 2. The van der Waals surface area contributed by atoms with Crippen LogP contribution in [0.2, 0.25) is 0 Å². The number of nitrogens with zero attached hydrogens (tertiary/aromatic N) is 4. The lowest BCUT2D eigenvalue weighted by molar-refractivity contribution is -0.113. The van der Waals surface area contributed by atoms with Gasteiger partial charge in [0.2, 0.25) is 0 Å². The third-order valence-electron chi connectivity index (χ3n) is 4.57. The minimum Gasteiger partial charge on any atom is -0.392 e. The quantitative estimate of drug-likeness (QED) is 0.906. The van der Waals surface area contributed by atoms with Crippen molar-refractivity contribution in [1.82, 2.24) is 9.88 Å². The van der Waals surface area contributed by atoms with Gasteiger partial charge in [-0.2, -0.15) is 0 Å². The topological polar surface area (TPSA) is 86.1 Å². The summed E-state index contributed by atoms with van der Waals surface area (Å²) in [6.45, 7) is 0.464. The minimum atomic E-state index is -0.258. The van der Waals surface area contributed by atoms with Crippen LogP contribution in [0.3, 0.4) is 0 Å². The molecule has 3 heterocycles. The van der Waals surface area contributed by atoms with Crippen LogP contribution >= 0.6 is 0 Å². The molecule has 1 aromatic carbocycles. The molecule has 136 valence electrons. The third-order valence-corrected chi connectivity index (χ3v) is 4.57. The Bertz CT molecular complexity index is 967. The molecule has 0 bridgehead atoms. The summed E-state index contributed by atoms with van der Waals surface area (Å²) in [5.41, 5.74) is 2.77. The highest BCUT2D eigenvalue weighted by atomic mass is 16.3. The van der Waals surface area contributed by atoms with Gasteiger partial charge < -0.3 is 10.0 Å². The van der Waals surface area contributed by atoms with E-state index in [1.54, 1.807) is 23.2 Å². The number of allylic oxidation sites excluding steroid dienone is 1. The molecule has 1 N–H and O–H groups in total. The van der Waals surface area contributed by atoms with Crippen molar-refractivity contribution in [3.8, 4) is 0 Å². The number of aliphatic hydroxyl groups excluding tert-OH is 1. The number of carbonyl (C=O) groups excluding carboxylic acids is 2. The van der Waals surface area contributed by atoms with E-state index >= 15 is 0 Å². The van der Waals surface area contributed by atoms with Crippen molar-refractivity contribution in [1.29, 1.82) is 0 Å². The standard InChI is InChI=1S/C20H18N4O3/c25-13-15-4-1-2-6-18(15)24-19-14(5-3-8-22-19)11-23(20(24)27)12-16-10-17(26)7-9-21-16/h1-9,25H,10-13H2. The van der Waals surface area contributed by atoms with Crippen LogP contribution in [-0.2, 0) is 17.9 Å². The molecule has 0 saturated carbocycles. The number of ketones is 1. The zero-order chi connectivity index (χ0) is 18.8. The third kappa shape index (κ3) is 3.24. The molecule has 2 amide bonds. The molecule has 2 aliphatic rings. The summed E-state index contributed by atoms with van der Waals surface area (Å²) in [5, 5.41) is 9.70. The molecule has 0 saturated heterocycles. The van der Waals surface area contributed by atoms with Gasteiger partial charge in [-0.15, -0.1) is 0 Å². The molecule has 0 radical (unpaired) electrons. The van der Waals surface area contributed by atoms with Gasteiger partial charge in [0.15, 0.2) is 5.78 Å². The van der Waals surface area contributed by atoms with E-state index in [-0.39, 0.29) is 31.4 Å². The monoisotopic (exact) mass is 362 g/mol. The Morgan fingerprint density at radius 3 is 2.78 bits per heavy atom. The summed E-state index contributed by atoms with van der Waals surface area (Å²) in [6.07, 6.45) is 4.77. The summed E-state index contributed by atoms with van der Waals surface area (Å²) in [6, 6.07) is 10.7. The lowest BCUT2D eigenvalue weighted by atomic mass is 10.1. The van der Waals surface area contributed by atoms with Crippen molar-refractivity contribution in [3.63, 3.8) is 0 Å². The highest BCUT2D eigenvalue weighted by Gasteiger charge is 2.34. The van der Waals surface area contributed by atoms with Crippen LogP contribution in [0, 0.1) is 0 Å². The lowest BCUT2D eigenvalue weighted by Gasteiger charge is -2.37. The van der Waals surface area contributed by atoms with Crippen molar-refractivity contribution in [2.45, 2.75) is 19.6 Å². The van der Waals surface area contributed by atoms with Crippen molar-refractivity contribution in [2.75, 3.05) is 11.4 Å². The number of aliphatic hydroxyl groups is 1. The summed E-state index contributed by atoms with van der Waals surface area (Å²) in [4.78, 5) is 36.7. The van der Waals surface area contributed by atoms with Crippen molar-refractivity contribution < 1.29 is 14.7 Å². The molecule has 2 aromatic rings. The van der Waals surface area contributed by atoms with Gasteiger partial charge in [0.05, 0.1) is 31.8 Å². The van der Waals surface area contributed by atoms with Gasteiger partial charge in [-0.05, 0) is 18.2 Å². The molecule has 0 aliphatic carbocycles. The van der Waals surface area contributed by atoms with Crippen LogP contribution in [-0.4, -0.2) is 39.1 Å². The van der Waals surface area contributed by atoms with Crippen LogP contribution in [0.4, 0.5) is 16.3 Å². The van der Waals surface area contributed by atoms with Crippen LogP contribution in [0.1, 0.15) is 17.5 Å². The zero-order valence-corrected chi connectivity index (χ0v) is 14.6. The number of rotatable bonds is 4. The Morgan fingerprint density at radius 2 is 1.96 bits per heavy atom. The van der Waals surface area contributed by atoms with Gasteiger partial charge >= 0.3 is 6.03 Å². The molecule has 7 heteroatoms. The van der Waals surface area contributed by atoms with E-state index in [1.807, 2.05) is 24.3 Å². The molecular formula is C20H18N4O3. The first-order valence-electron chi connectivity index (χ1n) is 8.64. The number of benzene rings is 1. The smallest absolute Gasteiger partial charge is 0.330 e. The maximum Gasteiger partial charge on any atom is 0.330 e. The van der Waals surface area contributed by atoms with E-state index in [0.29, 0.717) is 29.3 Å². The number of aliphatic imine (C=N–C) groups is 1. The first-order valence-corrected chi connectivity index (χ1v) is 8.64. The van der Waals surface area contributed by atoms with Crippen molar-refractivity contribution in [2.24, 2.45) is 4.99 Å². The number of aromatic nitrogens is 1. The fourth-order valence-corrected chi connectivity index (χ4v) is 3.31. The Balaban J connectivity index is 1.74. The SMILES string of the molecule is O=C1C=CN=C(CN2Cc3cccnc3N(c3ccccc3CO)C2=O)C1. The summed E-state index contributed by atoms with van der Waals surface area (Å²) in [7, 11) is 0. The van der Waals surface area contributed by atoms with Crippen molar-refractivity contribution >= 4 is 29.0 Å². The molecule has 0 atom stereocenters. The van der Waals surface area contributed by atoms with E-state index < -0.39 is 0 Å². The predicted molar refractivity (Wildman–Crippen MR) is 101 cm³/mol. The number of amides is 2. The average molecular weight is 362 g/mol. The summed E-state index contributed by atoms with van der Waals surface area (Å²) < 4.78 is 0. The molecule has 7 nitrogen and oxygen atoms in total. The number of pyridine rings is 1. The molecule has 0 spiro atoms. The van der Waals surface area contributed by atoms with Gasteiger partial charge in [-0.3, -0.25) is 9.79 Å². The minimum absolute atomic E-state index is 0.0194. The Hall–Kier alpha value is -3.32. The molecule has 1 aromatic heterocycles. The van der Waals surface area contributed by atoms with E-state index in [4.69, 9.17) is 0 Å². The van der Waals surface area contributed by atoms with E-state index in [2.05, 4.69) is 9.98 Å². The maximum absolute atomic E-state index is 13.3. The Morgan fingerprint density at radius 1 is 1.11 bits per heavy atom. The molecule has 2 aliphatic heterocycles. The van der Waals surface area contributed by atoms with Gasteiger partial charge in [-0.25, -0.2) is 14.7 Å². The van der Waals surface area contributed by atoms with Crippen LogP contribution in [0.5, 0.6) is 0 Å². The van der Waals surface area contributed by atoms with Crippen molar-refractivity contribution in [3.05, 3.63) is 66.0 Å². The highest BCUT2D eigenvalue weighted by Crippen LogP contribution is 2.35. The number of hydrogen-bond donors (Lipinski definition) is 1. The molecule has 0 unspecified atom stereocenters. The predicted octanol–water partition coefficient (Wildman–Crippen LogP) is 2.58. The first-order chi connectivity index (χ1) is 13.2. The summed E-state index contributed by atoms with van der Waals surface area (Å²) in [5.74, 6) is 0.537. The highest BCUT2D eigenvalue weighted by molar-refractivity contribution is 6.11. The van der Waals surface area contributed by atoms with E-state index in [9.17, 15) is 14.7 Å². The second kappa shape index (κ2) is 7.13. The van der Waals surface area contributed by atoms with Gasteiger partial charge in [0.25, 0.3) is 0 Å². The van der Waals surface area contributed by atoms with Crippen LogP contribution in [0.15, 0.2) is 59.9 Å². The normalized spacial score (nSPS) is 16.4. The fourth-order valence-electron chi connectivity index (χ4n) is 3.31. The summed E-state index contributed by atoms with van der Waals surface area (Å²) >= 11 is 0. The Kier molecular flexibility index (Phi) is 4.52. The molecule has 4 rings (SSSR count). The molecule has 27 heavy (non-hydrogen) atoms. The number of hydrogen-bond acceptors (Lipinski definition) is 5. The fraction of sp³-hybridized carbons (Fsp3) is 0.200. The van der Waals surface area contributed by atoms with E-state index in [0.717, 1.165) is 5.56 Å². The lowest BCUT2D eigenvalue weighted by Crippen LogP contribution is -2.47. The number of carbonyl (C=O) groups is 2. The van der Waals surface area contributed by atoms with E-state index in [1.165, 1.54) is 17.2 Å². The first kappa shape index (κ1) is 17.1. The number of fused-ring (bicyclic) bond motifs is 1. The maximum atomic E-state index is 13.3. The van der Waals surface area contributed by atoms with Crippen LogP contribution < -0.4 is 4.90 Å². The van der Waals surface area contributed by atoms with Gasteiger partial charge in [-0.1, -0.05) is 24.3 Å². The molecule has 0 fully saturated rings. The van der Waals surface area contributed by atoms with Gasteiger partial charge in [0, 0.05) is 29.2 Å². The number of para-hydroxylation sites is 1. The number of urea groups is 1. The molecular weight excluding hydrogens is 344 g/mol. The second-order valence-electron chi connectivity index (χ2n) is 6.40. The average Bonchev–Trinajstić information content (AvgIpc) is 2.69.